The summed E-state index contributed by atoms with van der Waals surface area (Å²) in [5.74, 6) is 0.903. The lowest BCUT2D eigenvalue weighted by atomic mass is 9.93. The first-order valence-electron chi connectivity index (χ1n) is 5.40. The Balaban J connectivity index is 2.18. The van der Waals surface area contributed by atoms with E-state index in [9.17, 15) is 0 Å². The zero-order valence-corrected chi connectivity index (χ0v) is 9.00. The van der Waals surface area contributed by atoms with Gasteiger partial charge in [0.2, 0.25) is 0 Å². The van der Waals surface area contributed by atoms with E-state index in [0.29, 0.717) is 0 Å². The van der Waals surface area contributed by atoms with Gasteiger partial charge in [0, 0.05) is 12.6 Å². The molecule has 0 saturated carbocycles. The van der Waals surface area contributed by atoms with Crippen molar-refractivity contribution in [2.45, 2.75) is 39.2 Å². The van der Waals surface area contributed by atoms with E-state index in [4.69, 9.17) is 0 Å². The number of aliphatic imine (C=N–C) groups is 1. The van der Waals surface area contributed by atoms with Crippen molar-refractivity contribution in [2.75, 3.05) is 19.6 Å². The van der Waals surface area contributed by atoms with Crippen LogP contribution in [0.15, 0.2) is 4.99 Å². The molecule has 1 aliphatic heterocycles. The molecule has 1 heterocycles. The highest BCUT2D eigenvalue weighted by Crippen LogP contribution is 2.21. The SMILES string of the molecule is C=NCCC1CCN(C(C)C)CC1. The summed E-state index contributed by atoms with van der Waals surface area (Å²) in [5.41, 5.74) is 0. The van der Waals surface area contributed by atoms with E-state index in [1.807, 2.05) is 0 Å². The average molecular weight is 182 g/mol. The lowest BCUT2D eigenvalue weighted by Gasteiger charge is -2.34. The molecule has 0 aliphatic carbocycles. The van der Waals surface area contributed by atoms with E-state index >= 15 is 0 Å². The minimum Gasteiger partial charge on any atom is -0.301 e. The van der Waals surface area contributed by atoms with Crippen LogP contribution in [0.1, 0.15) is 33.1 Å². The van der Waals surface area contributed by atoms with Gasteiger partial charge in [0.05, 0.1) is 0 Å². The maximum absolute atomic E-state index is 3.92. The molecule has 0 unspecified atom stereocenters. The lowest BCUT2D eigenvalue weighted by molar-refractivity contribution is 0.147. The van der Waals surface area contributed by atoms with Crippen LogP contribution in [-0.4, -0.2) is 37.3 Å². The van der Waals surface area contributed by atoms with Crippen molar-refractivity contribution < 1.29 is 0 Å². The fraction of sp³-hybridized carbons (Fsp3) is 0.909. The third-order valence-electron chi connectivity index (χ3n) is 3.07. The third kappa shape index (κ3) is 3.47. The Kier molecular flexibility index (Phi) is 4.43. The molecule has 13 heavy (non-hydrogen) atoms. The van der Waals surface area contributed by atoms with Gasteiger partial charge in [-0.15, -0.1) is 0 Å². The molecule has 0 aromatic rings. The standard InChI is InChI=1S/C11H22N2/c1-10(2)13-8-5-11(6-9-13)4-7-12-3/h10-11H,3-9H2,1-2H3. The van der Waals surface area contributed by atoms with Gasteiger partial charge < -0.3 is 9.89 Å². The maximum atomic E-state index is 3.92. The summed E-state index contributed by atoms with van der Waals surface area (Å²) in [6.45, 7) is 11.6. The summed E-state index contributed by atoms with van der Waals surface area (Å²) in [6.07, 6.45) is 3.96. The molecular weight excluding hydrogens is 160 g/mol. The summed E-state index contributed by atoms with van der Waals surface area (Å²) in [5, 5.41) is 0. The summed E-state index contributed by atoms with van der Waals surface area (Å²) in [6, 6.07) is 0.721. The fourth-order valence-corrected chi connectivity index (χ4v) is 2.03. The van der Waals surface area contributed by atoms with Crippen LogP contribution in [0.2, 0.25) is 0 Å². The third-order valence-corrected chi connectivity index (χ3v) is 3.07. The molecule has 1 fully saturated rings. The highest BCUT2D eigenvalue weighted by atomic mass is 15.1. The molecule has 2 heteroatoms. The Morgan fingerprint density at radius 2 is 2.00 bits per heavy atom. The predicted molar refractivity (Wildman–Crippen MR) is 58.5 cm³/mol. The molecule has 1 rings (SSSR count). The van der Waals surface area contributed by atoms with Gasteiger partial charge in [0.1, 0.15) is 0 Å². The summed E-state index contributed by atoms with van der Waals surface area (Å²) < 4.78 is 0. The van der Waals surface area contributed by atoms with Crippen molar-refractivity contribution >= 4 is 6.72 Å². The number of hydrogen-bond acceptors (Lipinski definition) is 2. The van der Waals surface area contributed by atoms with Crippen LogP contribution in [0.25, 0.3) is 0 Å². The highest BCUT2D eigenvalue weighted by Gasteiger charge is 2.19. The molecule has 0 aromatic heterocycles. The van der Waals surface area contributed by atoms with E-state index in [2.05, 4.69) is 30.5 Å². The number of piperidine rings is 1. The normalized spacial score (nSPS) is 20.8. The average Bonchev–Trinajstić information content (AvgIpc) is 2.15. The monoisotopic (exact) mass is 182 g/mol. The van der Waals surface area contributed by atoms with Gasteiger partial charge in [-0.1, -0.05) is 0 Å². The molecule has 0 amide bonds. The van der Waals surface area contributed by atoms with Crippen molar-refractivity contribution in [3.05, 3.63) is 0 Å². The second kappa shape index (κ2) is 5.38. The lowest BCUT2D eigenvalue weighted by Crippen LogP contribution is -2.38. The Hall–Kier alpha value is -0.370. The minimum absolute atomic E-state index is 0.721. The van der Waals surface area contributed by atoms with Gasteiger partial charge in [0.15, 0.2) is 0 Å². The number of likely N-dealkylation sites (tertiary alicyclic amines) is 1. The predicted octanol–water partition coefficient (Wildman–Crippen LogP) is 2.20. The zero-order chi connectivity index (χ0) is 9.68. The zero-order valence-electron chi connectivity index (χ0n) is 9.00. The highest BCUT2D eigenvalue weighted by molar-refractivity contribution is 5.23. The Morgan fingerprint density at radius 1 is 1.38 bits per heavy atom. The van der Waals surface area contributed by atoms with Crippen LogP contribution in [0.4, 0.5) is 0 Å². The van der Waals surface area contributed by atoms with Gasteiger partial charge in [0.25, 0.3) is 0 Å². The smallest absolute Gasteiger partial charge is 0.0384 e. The van der Waals surface area contributed by atoms with Crippen molar-refractivity contribution in [3.63, 3.8) is 0 Å². The molecule has 0 N–H and O–H groups in total. The Labute approximate surface area is 82.0 Å². The van der Waals surface area contributed by atoms with E-state index in [1.165, 1.54) is 32.4 Å². The van der Waals surface area contributed by atoms with Crippen molar-refractivity contribution in [2.24, 2.45) is 10.9 Å². The van der Waals surface area contributed by atoms with Gasteiger partial charge in [-0.05, 0) is 58.8 Å². The van der Waals surface area contributed by atoms with Crippen LogP contribution < -0.4 is 0 Å². The first-order valence-corrected chi connectivity index (χ1v) is 5.40. The summed E-state index contributed by atoms with van der Waals surface area (Å²) in [7, 11) is 0. The van der Waals surface area contributed by atoms with Gasteiger partial charge >= 0.3 is 0 Å². The Bertz CT molecular complexity index is 146. The van der Waals surface area contributed by atoms with Gasteiger partial charge in [-0.25, -0.2) is 0 Å². The quantitative estimate of drug-likeness (QED) is 0.609. The molecule has 2 nitrogen and oxygen atoms in total. The minimum atomic E-state index is 0.721. The second-order valence-corrected chi connectivity index (χ2v) is 4.31. The molecule has 0 aromatic carbocycles. The molecule has 0 atom stereocenters. The first-order chi connectivity index (χ1) is 6.24. The topological polar surface area (TPSA) is 15.6 Å². The van der Waals surface area contributed by atoms with E-state index in [-0.39, 0.29) is 0 Å². The van der Waals surface area contributed by atoms with E-state index in [0.717, 1.165) is 18.5 Å². The number of hydrogen-bond donors (Lipinski definition) is 0. The van der Waals surface area contributed by atoms with Crippen LogP contribution in [-0.2, 0) is 0 Å². The Morgan fingerprint density at radius 3 is 2.46 bits per heavy atom. The molecule has 0 spiro atoms. The largest absolute Gasteiger partial charge is 0.301 e. The molecule has 1 saturated heterocycles. The van der Waals surface area contributed by atoms with Crippen molar-refractivity contribution in [1.29, 1.82) is 0 Å². The van der Waals surface area contributed by atoms with Crippen LogP contribution >= 0.6 is 0 Å². The summed E-state index contributed by atoms with van der Waals surface area (Å²) >= 11 is 0. The second-order valence-electron chi connectivity index (χ2n) is 4.31. The molecule has 0 bridgehead atoms. The van der Waals surface area contributed by atoms with Crippen molar-refractivity contribution in [1.82, 2.24) is 4.90 Å². The molecular formula is C11H22N2. The molecule has 76 valence electrons. The number of rotatable bonds is 4. The van der Waals surface area contributed by atoms with E-state index in [1.54, 1.807) is 0 Å². The summed E-state index contributed by atoms with van der Waals surface area (Å²) in [4.78, 5) is 6.49. The van der Waals surface area contributed by atoms with Crippen LogP contribution in [0.5, 0.6) is 0 Å². The van der Waals surface area contributed by atoms with E-state index < -0.39 is 0 Å². The fourth-order valence-electron chi connectivity index (χ4n) is 2.03. The van der Waals surface area contributed by atoms with Crippen LogP contribution in [0.3, 0.4) is 0 Å². The maximum Gasteiger partial charge on any atom is 0.0384 e. The molecule has 1 aliphatic rings. The molecule has 0 radical (unpaired) electrons. The van der Waals surface area contributed by atoms with Gasteiger partial charge in [-0.3, -0.25) is 0 Å². The first kappa shape index (κ1) is 10.7. The van der Waals surface area contributed by atoms with Crippen molar-refractivity contribution in [3.8, 4) is 0 Å². The van der Waals surface area contributed by atoms with Gasteiger partial charge in [-0.2, -0.15) is 0 Å². The van der Waals surface area contributed by atoms with Crippen LogP contribution in [0, 0.1) is 5.92 Å². The number of nitrogens with zero attached hydrogens (tertiary/aromatic N) is 2.